The second-order valence-corrected chi connectivity index (χ2v) is 7.68. The Morgan fingerprint density at radius 2 is 1.83 bits per heavy atom. The minimum absolute atomic E-state index is 0.0652. The molecule has 0 N–H and O–H groups in total. The van der Waals surface area contributed by atoms with Crippen molar-refractivity contribution < 1.29 is 31.5 Å². The van der Waals surface area contributed by atoms with Crippen LogP contribution in [0, 0.1) is 29.1 Å². The fourth-order valence-corrected chi connectivity index (χ4v) is 4.10. The summed E-state index contributed by atoms with van der Waals surface area (Å²) in [6.07, 6.45) is 3.00. The summed E-state index contributed by atoms with van der Waals surface area (Å²) >= 11 is 1.22. The molecule has 2 aliphatic rings. The number of nitrogens with zero attached hydrogens (tertiary/aromatic N) is 4. The Hall–Kier alpha value is -2.47. The summed E-state index contributed by atoms with van der Waals surface area (Å²) in [4.78, 5) is 17.9. The molecule has 2 fully saturated rings. The topological polar surface area (TPSA) is 59.7 Å². The highest BCUT2D eigenvalue weighted by molar-refractivity contribution is 8.15. The highest BCUT2D eigenvalue weighted by atomic mass is 32.2. The summed E-state index contributed by atoms with van der Waals surface area (Å²) in [6.45, 7) is 0.340. The average molecular weight is 446 g/mol. The van der Waals surface area contributed by atoms with E-state index in [-0.39, 0.29) is 23.6 Å². The van der Waals surface area contributed by atoms with Crippen LogP contribution in [0.15, 0.2) is 17.3 Å². The van der Waals surface area contributed by atoms with E-state index in [1.807, 2.05) is 0 Å². The molecule has 6 nitrogen and oxygen atoms in total. The molecule has 1 amide bonds. The first-order valence-electron chi connectivity index (χ1n) is 9.02. The first-order chi connectivity index (χ1) is 14.3. The molecule has 0 bridgehead atoms. The van der Waals surface area contributed by atoms with E-state index in [4.69, 9.17) is 4.74 Å². The number of carbonyl (C=O) groups excluding carboxylic acids is 1. The van der Waals surface area contributed by atoms with Crippen LogP contribution in [0.3, 0.4) is 0 Å². The van der Waals surface area contributed by atoms with E-state index in [0.717, 1.165) is 17.5 Å². The van der Waals surface area contributed by atoms with Crippen molar-refractivity contribution in [3.05, 3.63) is 46.9 Å². The van der Waals surface area contributed by atoms with Gasteiger partial charge in [0.05, 0.1) is 30.5 Å². The number of rotatable bonds is 5. The van der Waals surface area contributed by atoms with Crippen molar-refractivity contribution in [1.29, 1.82) is 0 Å². The molecule has 12 heteroatoms. The van der Waals surface area contributed by atoms with E-state index < -0.39 is 41.2 Å². The SMILES string of the molecule is O=C1CSC(=Nc2ccn(Cc3c(F)c(F)c(F)c(F)c3F)n2)N1C[C@H]1CCCO1. The highest BCUT2D eigenvalue weighted by Crippen LogP contribution is 2.26. The molecule has 1 aromatic carbocycles. The van der Waals surface area contributed by atoms with Crippen molar-refractivity contribution in [2.45, 2.75) is 25.5 Å². The zero-order chi connectivity index (χ0) is 21.4. The van der Waals surface area contributed by atoms with Crippen molar-refractivity contribution >= 4 is 28.7 Å². The molecule has 1 atom stereocenters. The van der Waals surface area contributed by atoms with E-state index in [9.17, 15) is 26.7 Å². The maximum absolute atomic E-state index is 13.9. The molecule has 0 saturated carbocycles. The Bertz CT molecular complexity index is 993. The minimum Gasteiger partial charge on any atom is -0.376 e. The highest BCUT2D eigenvalue weighted by Gasteiger charge is 2.32. The van der Waals surface area contributed by atoms with E-state index in [2.05, 4.69) is 10.1 Å². The van der Waals surface area contributed by atoms with E-state index in [1.165, 1.54) is 28.9 Å². The molecular formula is C18H15F5N4O2S. The molecule has 0 aliphatic carbocycles. The van der Waals surface area contributed by atoms with E-state index in [0.29, 0.717) is 18.3 Å². The molecule has 0 spiro atoms. The molecule has 160 valence electrons. The van der Waals surface area contributed by atoms with Crippen LogP contribution < -0.4 is 0 Å². The van der Waals surface area contributed by atoms with Crippen molar-refractivity contribution in [3.8, 4) is 0 Å². The fraction of sp³-hybridized carbons (Fsp3) is 0.389. The van der Waals surface area contributed by atoms with Crippen LogP contribution in [-0.4, -0.2) is 50.8 Å². The third-order valence-corrected chi connectivity index (χ3v) is 5.69. The lowest BCUT2D eigenvalue weighted by atomic mass is 10.1. The first-order valence-corrected chi connectivity index (χ1v) is 10.0. The van der Waals surface area contributed by atoms with Crippen LogP contribution in [-0.2, 0) is 16.1 Å². The number of amides is 1. The molecule has 4 rings (SSSR count). The number of aromatic nitrogens is 2. The van der Waals surface area contributed by atoms with Gasteiger partial charge >= 0.3 is 0 Å². The molecule has 1 aromatic heterocycles. The van der Waals surface area contributed by atoms with E-state index >= 15 is 0 Å². The molecular weight excluding hydrogens is 431 g/mol. The molecule has 2 aliphatic heterocycles. The Morgan fingerprint density at radius 1 is 1.13 bits per heavy atom. The summed E-state index contributed by atoms with van der Waals surface area (Å²) in [5, 5.41) is 4.41. The van der Waals surface area contributed by atoms with Gasteiger partial charge in [-0.2, -0.15) is 5.10 Å². The third-order valence-electron chi connectivity index (χ3n) is 4.72. The molecule has 2 aromatic rings. The number of thioether (sulfide) groups is 1. The van der Waals surface area contributed by atoms with Gasteiger partial charge < -0.3 is 4.74 Å². The van der Waals surface area contributed by atoms with Crippen LogP contribution >= 0.6 is 11.8 Å². The largest absolute Gasteiger partial charge is 0.376 e. The van der Waals surface area contributed by atoms with Gasteiger partial charge in [-0.25, -0.2) is 26.9 Å². The van der Waals surface area contributed by atoms with Gasteiger partial charge in [0.1, 0.15) is 0 Å². The maximum Gasteiger partial charge on any atom is 0.239 e. The summed E-state index contributed by atoms with van der Waals surface area (Å²) in [6, 6.07) is 1.41. The number of amidine groups is 1. The standard InChI is InChI=1S/C18H15F5N4O2S/c19-13-10(14(20)16(22)17(23)15(13)21)7-26-4-3-11(25-26)24-18-27(12(28)8-30-18)6-9-2-1-5-29-9/h3-4,9H,1-2,5-8H2/t9-/m1/s1. The third kappa shape index (κ3) is 3.93. The van der Waals surface area contributed by atoms with Gasteiger partial charge in [-0.3, -0.25) is 14.4 Å². The average Bonchev–Trinajstić information content (AvgIpc) is 3.47. The summed E-state index contributed by atoms with van der Waals surface area (Å²) in [5.74, 6) is -9.82. The van der Waals surface area contributed by atoms with Gasteiger partial charge in [0.25, 0.3) is 0 Å². The van der Waals surface area contributed by atoms with Crippen LogP contribution in [0.4, 0.5) is 27.8 Å². The van der Waals surface area contributed by atoms with Gasteiger partial charge in [0, 0.05) is 18.9 Å². The predicted octanol–water partition coefficient (Wildman–Crippen LogP) is 3.37. The lowest BCUT2D eigenvalue weighted by Gasteiger charge is -2.19. The van der Waals surface area contributed by atoms with Crippen molar-refractivity contribution in [2.24, 2.45) is 4.99 Å². The zero-order valence-electron chi connectivity index (χ0n) is 15.4. The minimum atomic E-state index is -2.21. The molecule has 30 heavy (non-hydrogen) atoms. The molecule has 0 unspecified atom stereocenters. The van der Waals surface area contributed by atoms with Crippen molar-refractivity contribution in [2.75, 3.05) is 18.9 Å². The monoisotopic (exact) mass is 446 g/mol. The number of carbonyl (C=O) groups is 1. The first kappa shape index (κ1) is 20.8. The maximum atomic E-state index is 13.9. The Kier molecular flexibility index (Phi) is 5.78. The Balaban J connectivity index is 1.54. The summed E-state index contributed by atoms with van der Waals surface area (Å²) in [5.41, 5.74) is -1.00. The second-order valence-electron chi connectivity index (χ2n) is 6.74. The Morgan fingerprint density at radius 3 is 2.50 bits per heavy atom. The normalized spacial score (nSPS) is 20.7. The van der Waals surface area contributed by atoms with Crippen LogP contribution in [0.5, 0.6) is 0 Å². The lowest BCUT2D eigenvalue weighted by Crippen LogP contribution is -2.36. The van der Waals surface area contributed by atoms with Gasteiger partial charge in [-0.05, 0) is 12.8 Å². The smallest absolute Gasteiger partial charge is 0.239 e. The van der Waals surface area contributed by atoms with Crippen LogP contribution in [0.1, 0.15) is 18.4 Å². The van der Waals surface area contributed by atoms with Gasteiger partial charge in [0.2, 0.25) is 11.7 Å². The lowest BCUT2D eigenvalue weighted by molar-refractivity contribution is -0.125. The molecule has 0 radical (unpaired) electrons. The van der Waals surface area contributed by atoms with Gasteiger partial charge in [-0.15, -0.1) is 0 Å². The number of hydrogen-bond donors (Lipinski definition) is 0. The van der Waals surface area contributed by atoms with Crippen molar-refractivity contribution in [1.82, 2.24) is 14.7 Å². The number of hydrogen-bond acceptors (Lipinski definition) is 5. The molecule has 3 heterocycles. The number of ether oxygens (including phenoxy) is 1. The zero-order valence-corrected chi connectivity index (χ0v) is 16.2. The number of benzene rings is 1. The predicted molar refractivity (Wildman–Crippen MR) is 97.8 cm³/mol. The summed E-state index contributed by atoms with van der Waals surface area (Å²) in [7, 11) is 0. The molecule has 2 saturated heterocycles. The van der Waals surface area contributed by atoms with Gasteiger partial charge in [-0.1, -0.05) is 11.8 Å². The van der Waals surface area contributed by atoms with E-state index in [1.54, 1.807) is 0 Å². The Labute approximate surface area is 171 Å². The van der Waals surface area contributed by atoms with Gasteiger partial charge in [0.15, 0.2) is 34.3 Å². The fourth-order valence-electron chi connectivity index (χ4n) is 3.20. The van der Waals surface area contributed by atoms with Crippen LogP contribution in [0.25, 0.3) is 0 Å². The van der Waals surface area contributed by atoms with Crippen molar-refractivity contribution in [3.63, 3.8) is 0 Å². The quantitative estimate of drug-likeness (QED) is 0.402. The number of halogens is 5. The second kappa shape index (κ2) is 8.34. The summed E-state index contributed by atoms with van der Waals surface area (Å²) < 4.78 is 74.2. The van der Waals surface area contributed by atoms with Crippen LogP contribution in [0.2, 0.25) is 0 Å². The number of aliphatic imine (C=N–C) groups is 1.